The third-order valence-electron chi connectivity index (χ3n) is 6.52. The number of benzene rings is 2. The second-order valence-electron chi connectivity index (χ2n) is 9.09. The van der Waals surface area contributed by atoms with Gasteiger partial charge in [0.05, 0.1) is 13.7 Å². The van der Waals surface area contributed by atoms with Gasteiger partial charge in [0.1, 0.15) is 23.2 Å². The molecule has 218 valence electrons. The quantitative estimate of drug-likeness (QED) is 0.376. The van der Waals surface area contributed by atoms with Crippen LogP contribution in [0, 0.1) is 0 Å². The number of carbonyl (C=O) groups excluding carboxylic acids is 2. The zero-order valence-electron chi connectivity index (χ0n) is 21.3. The Hall–Kier alpha value is -4.46. The smallest absolute Gasteiger partial charge is 0.416 e. The van der Waals surface area contributed by atoms with Crippen LogP contribution in [0.15, 0.2) is 71.7 Å². The van der Waals surface area contributed by atoms with Crippen LogP contribution in [-0.2, 0) is 11.3 Å². The van der Waals surface area contributed by atoms with Gasteiger partial charge in [-0.3, -0.25) is 14.4 Å². The molecule has 0 saturated carbocycles. The number of ether oxygens (including phenoxy) is 2. The van der Waals surface area contributed by atoms with Crippen LogP contribution in [0.25, 0.3) is 0 Å². The molecule has 14 heteroatoms. The molecule has 1 fully saturated rings. The average Bonchev–Trinajstić information content (AvgIpc) is 3.24. The standard InChI is InChI=1S/C27H24F5N3O6/c1-40-17-8-4-15(5-9-17)19-13-35(20-3-2-12-34(24(20)38)14-21(36)27(30,31)32)25(39)22(19)33-23(37)16-6-10-18(11-7-16)41-26(28)29/h2-12,19,21-22,26,36H,13-14H2,1H3,(H,33,37)/t19-,21?,22?/m0/s1. The number of nitrogens with one attached hydrogen (secondary N) is 1. The number of aromatic nitrogens is 1. The van der Waals surface area contributed by atoms with Gasteiger partial charge in [0, 0.05) is 24.2 Å². The second kappa shape index (κ2) is 12.0. The van der Waals surface area contributed by atoms with Crippen LogP contribution in [0.5, 0.6) is 11.5 Å². The molecule has 0 aliphatic carbocycles. The summed E-state index contributed by atoms with van der Waals surface area (Å²) in [5, 5.41) is 12.1. The van der Waals surface area contributed by atoms with E-state index in [4.69, 9.17) is 4.74 Å². The molecule has 1 aliphatic heterocycles. The Balaban J connectivity index is 1.65. The normalized spacial score (nSPS) is 18.0. The number of aliphatic hydroxyl groups is 1. The van der Waals surface area contributed by atoms with Crippen molar-refractivity contribution in [2.75, 3.05) is 18.6 Å². The zero-order valence-corrected chi connectivity index (χ0v) is 21.3. The van der Waals surface area contributed by atoms with Crippen molar-refractivity contribution in [1.29, 1.82) is 0 Å². The molecule has 0 bridgehead atoms. The van der Waals surface area contributed by atoms with Crippen LogP contribution in [0.2, 0.25) is 0 Å². The lowest BCUT2D eigenvalue weighted by Crippen LogP contribution is -2.44. The van der Waals surface area contributed by atoms with Crippen molar-refractivity contribution in [3.05, 3.63) is 88.3 Å². The van der Waals surface area contributed by atoms with E-state index in [1.165, 1.54) is 31.4 Å². The van der Waals surface area contributed by atoms with E-state index in [2.05, 4.69) is 10.1 Å². The molecule has 0 spiro atoms. The molecular weight excluding hydrogens is 557 g/mol. The van der Waals surface area contributed by atoms with E-state index in [-0.39, 0.29) is 23.5 Å². The number of amides is 2. The van der Waals surface area contributed by atoms with E-state index in [1.54, 1.807) is 24.3 Å². The van der Waals surface area contributed by atoms with Gasteiger partial charge in [0.25, 0.3) is 11.5 Å². The zero-order chi connectivity index (χ0) is 29.9. The Kier molecular flexibility index (Phi) is 8.61. The molecule has 41 heavy (non-hydrogen) atoms. The summed E-state index contributed by atoms with van der Waals surface area (Å²) in [4.78, 5) is 40.8. The molecule has 2 aromatic carbocycles. The van der Waals surface area contributed by atoms with Crippen molar-refractivity contribution in [3.8, 4) is 11.5 Å². The fourth-order valence-electron chi connectivity index (χ4n) is 4.44. The summed E-state index contributed by atoms with van der Waals surface area (Å²) in [6, 6.07) is 12.7. The number of anilines is 1. The lowest BCUT2D eigenvalue weighted by atomic mass is 9.93. The number of pyridine rings is 1. The average molecular weight is 581 g/mol. The Morgan fingerprint density at radius 3 is 2.27 bits per heavy atom. The Bertz CT molecular complexity index is 1440. The van der Waals surface area contributed by atoms with Crippen molar-refractivity contribution < 1.29 is 46.1 Å². The predicted octanol–water partition coefficient (Wildman–Crippen LogP) is 3.31. The van der Waals surface area contributed by atoms with Gasteiger partial charge in [0.15, 0.2) is 6.10 Å². The number of rotatable bonds is 9. The molecule has 2 unspecified atom stereocenters. The van der Waals surface area contributed by atoms with E-state index in [1.807, 2.05) is 0 Å². The minimum Gasteiger partial charge on any atom is -0.497 e. The molecule has 3 atom stereocenters. The maximum atomic E-state index is 13.6. The summed E-state index contributed by atoms with van der Waals surface area (Å²) in [6.07, 6.45) is -6.71. The molecular formula is C27H24F5N3O6. The number of hydrogen-bond donors (Lipinski definition) is 2. The number of hydrogen-bond acceptors (Lipinski definition) is 6. The minimum absolute atomic E-state index is 0.0366. The van der Waals surface area contributed by atoms with Gasteiger partial charge in [0.2, 0.25) is 5.91 Å². The highest BCUT2D eigenvalue weighted by molar-refractivity contribution is 6.05. The third kappa shape index (κ3) is 6.65. The first-order valence-electron chi connectivity index (χ1n) is 12.1. The maximum absolute atomic E-state index is 13.6. The van der Waals surface area contributed by atoms with E-state index in [9.17, 15) is 41.4 Å². The number of alkyl halides is 5. The molecule has 2 amide bonds. The molecule has 2 N–H and O–H groups in total. The Labute approximate surface area is 229 Å². The molecule has 1 saturated heterocycles. The van der Waals surface area contributed by atoms with E-state index in [0.717, 1.165) is 23.2 Å². The largest absolute Gasteiger partial charge is 0.497 e. The van der Waals surface area contributed by atoms with Gasteiger partial charge in [-0.2, -0.15) is 22.0 Å². The molecule has 3 aromatic rings. The van der Waals surface area contributed by atoms with E-state index in [0.29, 0.717) is 15.9 Å². The topological polar surface area (TPSA) is 110 Å². The van der Waals surface area contributed by atoms with Crippen LogP contribution < -0.4 is 25.2 Å². The fourth-order valence-corrected chi connectivity index (χ4v) is 4.44. The summed E-state index contributed by atoms with van der Waals surface area (Å²) in [5.74, 6) is -1.77. The van der Waals surface area contributed by atoms with Crippen molar-refractivity contribution in [1.82, 2.24) is 9.88 Å². The van der Waals surface area contributed by atoms with Crippen molar-refractivity contribution >= 4 is 17.5 Å². The monoisotopic (exact) mass is 581 g/mol. The summed E-state index contributed by atoms with van der Waals surface area (Å²) in [5.41, 5.74) is -0.555. The number of nitrogens with zero attached hydrogens (tertiary/aromatic N) is 2. The molecule has 1 aliphatic rings. The lowest BCUT2D eigenvalue weighted by molar-refractivity contribution is -0.207. The van der Waals surface area contributed by atoms with Crippen LogP contribution in [0.4, 0.5) is 27.6 Å². The summed E-state index contributed by atoms with van der Waals surface area (Å²) >= 11 is 0. The van der Waals surface area contributed by atoms with Gasteiger partial charge in [-0.15, -0.1) is 0 Å². The first kappa shape index (κ1) is 29.5. The van der Waals surface area contributed by atoms with Gasteiger partial charge in [-0.1, -0.05) is 12.1 Å². The highest BCUT2D eigenvalue weighted by Crippen LogP contribution is 2.32. The number of halogens is 5. The van der Waals surface area contributed by atoms with Crippen LogP contribution in [-0.4, -0.2) is 60.1 Å². The third-order valence-corrected chi connectivity index (χ3v) is 6.52. The first-order chi connectivity index (χ1) is 19.4. The highest BCUT2D eigenvalue weighted by Gasteiger charge is 2.44. The van der Waals surface area contributed by atoms with Crippen LogP contribution in [0.1, 0.15) is 21.8 Å². The number of carbonyl (C=O) groups is 2. The number of aliphatic hydroxyl groups excluding tert-OH is 1. The van der Waals surface area contributed by atoms with Gasteiger partial charge >= 0.3 is 12.8 Å². The van der Waals surface area contributed by atoms with Crippen LogP contribution in [0.3, 0.4) is 0 Å². The second-order valence-corrected chi connectivity index (χ2v) is 9.09. The molecule has 2 heterocycles. The summed E-state index contributed by atoms with van der Waals surface area (Å²) in [6.45, 7) is -4.24. The van der Waals surface area contributed by atoms with E-state index < -0.39 is 54.8 Å². The lowest BCUT2D eigenvalue weighted by Gasteiger charge is -2.19. The molecule has 1 aromatic heterocycles. The predicted molar refractivity (Wildman–Crippen MR) is 135 cm³/mol. The summed E-state index contributed by atoms with van der Waals surface area (Å²) < 4.78 is 73.7. The SMILES string of the molecule is COc1ccc([C@@H]2CN(c3cccn(CC(O)C(F)(F)F)c3=O)C(=O)C2NC(=O)c2ccc(OC(F)F)cc2)cc1. The maximum Gasteiger partial charge on any atom is 0.416 e. The van der Waals surface area contributed by atoms with Crippen LogP contribution >= 0.6 is 0 Å². The molecule has 4 rings (SSSR count). The number of methoxy groups -OCH3 is 1. The Morgan fingerprint density at radius 1 is 1.05 bits per heavy atom. The fraction of sp³-hybridized carbons (Fsp3) is 0.296. The Morgan fingerprint density at radius 2 is 1.68 bits per heavy atom. The minimum atomic E-state index is -4.96. The first-order valence-corrected chi connectivity index (χ1v) is 12.1. The summed E-state index contributed by atoms with van der Waals surface area (Å²) in [7, 11) is 1.46. The van der Waals surface area contributed by atoms with Crippen molar-refractivity contribution in [2.24, 2.45) is 0 Å². The molecule has 9 nitrogen and oxygen atoms in total. The molecule has 0 radical (unpaired) electrons. The van der Waals surface area contributed by atoms with Gasteiger partial charge in [-0.05, 0) is 54.1 Å². The van der Waals surface area contributed by atoms with Crippen molar-refractivity contribution in [3.63, 3.8) is 0 Å². The van der Waals surface area contributed by atoms with E-state index >= 15 is 0 Å². The van der Waals surface area contributed by atoms with Gasteiger partial charge in [-0.25, -0.2) is 0 Å². The van der Waals surface area contributed by atoms with Crippen molar-refractivity contribution in [2.45, 2.75) is 37.4 Å². The highest BCUT2D eigenvalue weighted by atomic mass is 19.4. The van der Waals surface area contributed by atoms with Gasteiger partial charge < -0.3 is 29.4 Å².